The third kappa shape index (κ3) is 3.34. The highest BCUT2D eigenvalue weighted by molar-refractivity contribution is 7.15. The van der Waals surface area contributed by atoms with Crippen LogP contribution < -0.4 is 4.90 Å². The van der Waals surface area contributed by atoms with Gasteiger partial charge >= 0.3 is 5.82 Å². The van der Waals surface area contributed by atoms with Gasteiger partial charge in [0.15, 0.2) is 0 Å². The highest BCUT2D eigenvalue weighted by Crippen LogP contribution is 2.31. The summed E-state index contributed by atoms with van der Waals surface area (Å²) in [7, 11) is 0. The van der Waals surface area contributed by atoms with Crippen molar-refractivity contribution in [2.75, 3.05) is 31.1 Å². The summed E-state index contributed by atoms with van der Waals surface area (Å²) in [5.41, 5.74) is 0.964. The topological polar surface area (TPSA) is 110 Å². The fourth-order valence-corrected chi connectivity index (χ4v) is 3.99. The number of piperazine rings is 1. The number of hydrogen-bond acceptors (Lipinski definition) is 8. The second-order valence-electron chi connectivity index (χ2n) is 6.26. The average molecular weight is 388 g/mol. The minimum Gasteiger partial charge on any atom is -0.358 e. The Morgan fingerprint density at radius 1 is 1.11 bits per heavy atom. The predicted molar refractivity (Wildman–Crippen MR) is 100 cm³/mol. The molecular weight excluding hydrogens is 372 g/mol. The molecule has 1 aliphatic heterocycles. The van der Waals surface area contributed by atoms with Gasteiger partial charge < -0.3 is 15.0 Å². The Labute approximate surface area is 157 Å². The maximum absolute atomic E-state index is 11.5. The van der Waals surface area contributed by atoms with Crippen molar-refractivity contribution in [3.05, 3.63) is 61.6 Å². The summed E-state index contributed by atoms with van der Waals surface area (Å²) in [5, 5.41) is 24.2. The number of imidazole rings is 1. The first-order chi connectivity index (χ1) is 13.0. The molecule has 0 amide bonds. The summed E-state index contributed by atoms with van der Waals surface area (Å²) in [6.45, 7) is 3.23. The van der Waals surface area contributed by atoms with E-state index in [9.17, 15) is 20.2 Å². The largest absolute Gasteiger partial charge is 0.373 e. The van der Waals surface area contributed by atoms with E-state index in [2.05, 4.69) is 9.88 Å². The van der Waals surface area contributed by atoms with E-state index >= 15 is 0 Å². The van der Waals surface area contributed by atoms with E-state index in [1.165, 1.54) is 21.8 Å². The van der Waals surface area contributed by atoms with Crippen molar-refractivity contribution < 1.29 is 9.85 Å². The van der Waals surface area contributed by atoms with Crippen molar-refractivity contribution in [2.24, 2.45) is 0 Å². The lowest BCUT2D eigenvalue weighted by Crippen LogP contribution is -2.46. The fourth-order valence-electron chi connectivity index (χ4n) is 3.29. The zero-order valence-electron chi connectivity index (χ0n) is 14.2. The van der Waals surface area contributed by atoms with Gasteiger partial charge in [-0.1, -0.05) is 23.5 Å². The zero-order chi connectivity index (χ0) is 19.0. The lowest BCUT2D eigenvalue weighted by Gasteiger charge is -2.34. The van der Waals surface area contributed by atoms with E-state index in [1.807, 2.05) is 11.0 Å². The van der Waals surface area contributed by atoms with Crippen LogP contribution in [-0.2, 0) is 6.54 Å². The molecular formula is C16H16N6O4S. The zero-order valence-corrected chi connectivity index (χ0v) is 15.0. The highest BCUT2D eigenvalue weighted by atomic mass is 32.1. The molecule has 0 N–H and O–H groups in total. The molecule has 4 rings (SSSR count). The molecule has 140 valence electrons. The summed E-state index contributed by atoms with van der Waals surface area (Å²) in [6.07, 6.45) is 1.66. The highest BCUT2D eigenvalue weighted by Gasteiger charge is 2.30. The molecule has 0 bridgehead atoms. The van der Waals surface area contributed by atoms with Crippen molar-refractivity contribution in [3.8, 4) is 0 Å². The molecule has 0 atom stereocenters. The molecule has 1 fully saturated rings. The van der Waals surface area contributed by atoms with Crippen LogP contribution in [0.25, 0.3) is 4.96 Å². The van der Waals surface area contributed by atoms with Gasteiger partial charge in [-0.2, -0.15) is 9.38 Å². The smallest absolute Gasteiger partial charge is 0.358 e. The van der Waals surface area contributed by atoms with E-state index in [0.29, 0.717) is 43.5 Å². The SMILES string of the molecule is O=[N+]([O-])c1cccc(CN2CCN(c3nc4sccn4c3[N+](=O)[O-])CC2)c1. The molecule has 2 aromatic heterocycles. The van der Waals surface area contributed by atoms with Gasteiger partial charge in [-0.05, 0) is 10.5 Å². The van der Waals surface area contributed by atoms with Crippen LogP contribution in [0.15, 0.2) is 35.8 Å². The van der Waals surface area contributed by atoms with E-state index in [4.69, 9.17) is 0 Å². The number of benzene rings is 1. The first kappa shape index (κ1) is 17.4. The molecule has 0 spiro atoms. The Balaban J connectivity index is 1.46. The molecule has 3 aromatic rings. The molecule has 11 heteroatoms. The third-order valence-electron chi connectivity index (χ3n) is 4.59. The van der Waals surface area contributed by atoms with Crippen LogP contribution in [0.2, 0.25) is 0 Å². The fraction of sp³-hybridized carbons (Fsp3) is 0.312. The van der Waals surface area contributed by atoms with Gasteiger partial charge in [-0.25, -0.2) is 0 Å². The Bertz CT molecular complexity index is 1010. The van der Waals surface area contributed by atoms with Crippen molar-refractivity contribution in [3.63, 3.8) is 0 Å². The minimum atomic E-state index is -0.398. The van der Waals surface area contributed by atoms with Crippen molar-refractivity contribution in [2.45, 2.75) is 6.54 Å². The van der Waals surface area contributed by atoms with Crippen LogP contribution in [0.3, 0.4) is 0 Å². The number of aromatic nitrogens is 2. The summed E-state index contributed by atoms with van der Waals surface area (Å²) >= 11 is 1.36. The lowest BCUT2D eigenvalue weighted by atomic mass is 10.1. The summed E-state index contributed by atoms with van der Waals surface area (Å²) in [6, 6.07) is 6.62. The number of hydrogen-bond donors (Lipinski definition) is 0. The molecule has 0 radical (unpaired) electrons. The van der Waals surface area contributed by atoms with Crippen LogP contribution in [-0.4, -0.2) is 50.3 Å². The quantitative estimate of drug-likeness (QED) is 0.488. The number of nitro groups is 2. The Morgan fingerprint density at radius 3 is 2.59 bits per heavy atom. The van der Waals surface area contributed by atoms with Gasteiger partial charge in [0.2, 0.25) is 5.82 Å². The number of nitro benzene ring substituents is 1. The first-order valence-electron chi connectivity index (χ1n) is 8.33. The number of anilines is 1. The maximum atomic E-state index is 11.5. The summed E-state index contributed by atoms with van der Waals surface area (Å²) in [4.78, 5) is 30.8. The molecule has 0 unspecified atom stereocenters. The second-order valence-corrected chi connectivity index (χ2v) is 7.13. The van der Waals surface area contributed by atoms with Crippen molar-refractivity contribution in [1.29, 1.82) is 0 Å². The van der Waals surface area contributed by atoms with Crippen molar-refractivity contribution in [1.82, 2.24) is 14.3 Å². The molecule has 3 heterocycles. The number of thiazole rings is 1. The normalized spacial score (nSPS) is 15.3. The van der Waals surface area contributed by atoms with Crippen LogP contribution in [0.5, 0.6) is 0 Å². The first-order valence-corrected chi connectivity index (χ1v) is 9.21. The summed E-state index contributed by atoms with van der Waals surface area (Å²) < 4.78 is 1.51. The van der Waals surface area contributed by atoms with E-state index in [0.717, 1.165) is 5.56 Å². The van der Waals surface area contributed by atoms with E-state index < -0.39 is 9.85 Å². The minimum absolute atomic E-state index is 0.00150. The molecule has 27 heavy (non-hydrogen) atoms. The molecule has 10 nitrogen and oxygen atoms in total. The number of fused-ring (bicyclic) bond motifs is 1. The van der Waals surface area contributed by atoms with Gasteiger partial charge in [0, 0.05) is 50.2 Å². The second kappa shape index (κ2) is 6.93. The predicted octanol–water partition coefficient (Wildman–Crippen LogP) is 2.53. The van der Waals surface area contributed by atoms with Crippen molar-refractivity contribution >= 4 is 33.6 Å². The van der Waals surface area contributed by atoms with Crippen LogP contribution >= 0.6 is 11.3 Å². The third-order valence-corrected chi connectivity index (χ3v) is 5.35. The molecule has 0 aliphatic carbocycles. The monoisotopic (exact) mass is 388 g/mol. The maximum Gasteiger partial charge on any atom is 0.373 e. The van der Waals surface area contributed by atoms with E-state index in [-0.39, 0.29) is 11.5 Å². The number of nitrogens with zero attached hydrogens (tertiary/aromatic N) is 6. The lowest BCUT2D eigenvalue weighted by molar-refractivity contribution is -0.389. The van der Waals surface area contributed by atoms with Gasteiger partial charge in [0.05, 0.1) is 4.92 Å². The molecule has 0 saturated carbocycles. The Kier molecular flexibility index (Phi) is 4.46. The molecule has 1 aliphatic rings. The summed E-state index contributed by atoms with van der Waals surface area (Å²) in [5.74, 6) is 0.403. The van der Waals surface area contributed by atoms with Gasteiger partial charge in [-0.3, -0.25) is 15.0 Å². The van der Waals surface area contributed by atoms with E-state index in [1.54, 1.807) is 23.7 Å². The molecule has 1 saturated heterocycles. The van der Waals surface area contributed by atoms with Gasteiger partial charge in [-0.15, -0.1) is 0 Å². The van der Waals surface area contributed by atoms with Gasteiger partial charge in [0.25, 0.3) is 10.6 Å². The van der Waals surface area contributed by atoms with Gasteiger partial charge in [0.1, 0.15) is 6.20 Å². The number of rotatable bonds is 5. The Morgan fingerprint density at radius 2 is 1.89 bits per heavy atom. The van der Waals surface area contributed by atoms with Crippen LogP contribution in [0.1, 0.15) is 5.56 Å². The number of non-ortho nitro benzene ring substituents is 1. The van der Waals surface area contributed by atoms with Crippen LogP contribution in [0, 0.1) is 20.2 Å². The molecule has 1 aromatic carbocycles. The van der Waals surface area contributed by atoms with Crippen LogP contribution in [0.4, 0.5) is 17.3 Å². The average Bonchev–Trinajstić information content (AvgIpc) is 3.23. The standard InChI is InChI=1S/C16H16N6O4S/c23-21(24)13-3-1-2-12(10-13)11-18-4-6-19(7-5-18)14-15(22(25)26)20-8-9-27-16(20)17-14/h1-3,8-10H,4-7,11H2. The Hall–Kier alpha value is -3.05.